The molecule has 7 nitrogen and oxygen atoms in total. The van der Waals surface area contributed by atoms with Gasteiger partial charge in [0.05, 0.1) is 5.69 Å². The van der Waals surface area contributed by atoms with Crippen LogP contribution >= 0.6 is 0 Å². The number of aromatic amines is 2. The molecule has 0 aliphatic rings. The number of hydrogen-bond acceptors (Lipinski definition) is 4. The molecule has 1 rings (SSSR count). The Balaban J connectivity index is 0.000000547. The van der Waals surface area contributed by atoms with Crippen LogP contribution in [-0.2, 0) is 20.0 Å². The average Bonchev–Trinajstić information content (AvgIpc) is 2.64. The van der Waals surface area contributed by atoms with Crippen molar-refractivity contribution >= 4 is 20.0 Å². The molecule has 0 aliphatic heterocycles. The van der Waals surface area contributed by atoms with Crippen LogP contribution in [0.25, 0.3) is 4.13 Å². The Morgan fingerprint density at radius 2 is 1.38 bits per heavy atom. The van der Waals surface area contributed by atoms with Crippen LogP contribution in [0.5, 0.6) is 0 Å². The molecule has 21 heavy (non-hydrogen) atoms. The van der Waals surface area contributed by atoms with E-state index in [9.17, 15) is 43.2 Å². The second-order valence-corrected chi connectivity index (χ2v) is 6.62. The van der Waals surface area contributed by atoms with Crippen molar-refractivity contribution in [3.05, 3.63) is 22.1 Å². The summed E-state index contributed by atoms with van der Waals surface area (Å²) in [5, 5.41) is 5.68. The highest BCUT2D eigenvalue weighted by Gasteiger charge is 2.46. The minimum atomic E-state index is -6.72. The zero-order valence-corrected chi connectivity index (χ0v) is 11.5. The number of H-pyrrole nitrogens is 2. The van der Waals surface area contributed by atoms with Gasteiger partial charge in [-0.2, -0.15) is 31.4 Å². The number of sulfonamides is 2. The predicted octanol–water partition coefficient (Wildman–Crippen LogP) is 1.20. The van der Waals surface area contributed by atoms with Crippen LogP contribution in [0.2, 0.25) is 0 Å². The lowest BCUT2D eigenvalue weighted by Gasteiger charge is -2.22. The summed E-state index contributed by atoms with van der Waals surface area (Å²) in [5.74, 6) is 0. The molecule has 0 saturated heterocycles. The molecule has 1 aromatic heterocycles. The maximum atomic E-state index is 11.4. The Hall–Kier alpha value is -1.35. The van der Waals surface area contributed by atoms with Crippen molar-refractivity contribution in [1.82, 2.24) is 5.10 Å². The summed E-state index contributed by atoms with van der Waals surface area (Å²) in [4.78, 5) is 0. The van der Waals surface area contributed by atoms with Gasteiger partial charge in [-0.25, -0.2) is 16.8 Å². The number of rotatable bonds is 2. The molecule has 124 valence electrons. The summed E-state index contributed by atoms with van der Waals surface area (Å²) < 4.78 is 109. The number of halogens is 6. The minimum Gasteiger partial charge on any atom is -0.421 e. The van der Waals surface area contributed by atoms with Crippen LogP contribution < -0.4 is 5.10 Å². The van der Waals surface area contributed by atoms with E-state index in [1.807, 2.05) is 19.2 Å². The minimum absolute atomic E-state index is 0.778. The Kier molecular flexibility index (Phi) is 5.79. The van der Waals surface area contributed by atoms with Crippen LogP contribution in [0.1, 0.15) is 5.69 Å². The summed E-state index contributed by atoms with van der Waals surface area (Å²) in [6, 6.07) is 1.97. The quantitative estimate of drug-likeness (QED) is 0.796. The van der Waals surface area contributed by atoms with Crippen molar-refractivity contribution < 1.29 is 48.3 Å². The van der Waals surface area contributed by atoms with Crippen molar-refractivity contribution in [3.63, 3.8) is 0 Å². The molecule has 0 radical (unpaired) electrons. The van der Waals surface area contributed by atoms with Gasteiger partial charge in [0.15, 0.2) is 26.2 Å². The average molecular weight is 363 g/mol. The van der Waals surface area contributed by atoms with Crippen molar-refractivity contribution in [3.8, 4) is 0 Å². The molecular formula is C6H7F6N3O4S2. The first-order chi connectivity index (χ1) is 9.10. The SMILES string of the molecule is Cc1cc[nH+][nH]1.O=S(=O)([N-]S(=O)(=O)C(F)(F)F)C(F)(F)F. The lowest BCUT2D eigenvalue weighted by atomic mass is 10.5. The van der Waals surface area contributed by atoms with Crippen LogP contribution in [0.3, 0.4) is 0 Å². The second-order valence-electron chi connectivity index (χ2n) is 3.20. The number of aryl methyl sites for hydroxylation is 1. The number of alkyl halides is 6. The van der Waals surface area contributed by atoms with Crippen LogP contribution in [0.15, 0.2) is 12.3 Å². The van der Waals surface area contributed by atoms with E-state index < -0.39 is 31.1 Å². The molecule has 2 N–H and O–H groups in total. The highest BCUT2D eigenvalue weighted by Crippen LogP contribution is 2.36. The Morgan fingerprint density at radius 3 is 1.52 bits per heavy atom. The predicted molar refractivity (Wildman–Crippen MR) is 55.4 cm³/mol. The van der Waals surface area contributed by atoms with Gasteiger partial charge < -0.3 is 4.13 Å². The molecule has 0 atom stereocenters. The van der Waals surface area contributed by atoms with Crippen molar-refractivity contribution in [2.75, 3.05) is 0 Å². The van der Waals surface area contributed by atoms with E-state index in [0.29, 0.717) is 0 Å². The maximum absolute atomic E-state index is 11.4. The fourth-order valence-corrected chi connectivity index (χ4v) is 2.29. The summed E-state index contributed by atoms with van der Waals surface area (Å²) in [7, 11) is -13.4. The maximum Gasteiger partial charge on any atom is 0.480 e. The van der Waals surface area contributed by atoms with Gasteiger partial charge in [-0.3, -0.25) is 0 Å². The third-order valence-electron chi connectivity index (χ3n) is 1.47. The summed E-state index contributed by atoms with van der Waals surface area (Å²) in [5.41, 5.74) is -11.2. The van der Waals surface area contributed by atoms with Gasteiger partial charge in [-0.15, -0.1) is 5.10 Å². The fourth-order valence-electron chi connectivity index (χ4n) is 0.578. The van der Waals surface area contributed by atoms with Crippen LogP contribution in [-0.4, -0.2) is 33.0 Å². The summed E-state index contributed by atoms with van der Waals surface area (Å²) in [6.07, 6.45) is 1.86. The molecule has 0 bridgehead atoms. The van der Waals surface area contributed by atoms with E-state index in [2.05, 4.69) is 10.2 Å². The smallest absolute Gasteiger partial charge is 0.421 e. The highest BCUT2D eigenvalue weighted by atomic mass is 32.3. The molecule has 0 fully saturated rings. The van der Waals surface area contributed by atoms with Gasteiger partial charge >= 0.3 is 11.0 Å². The van der Waals surface area contributed by atoms with E-state index in [4.69, 9.17) is 0 Å². The number of hydrogen-bond donors (Lipinski definition) is 1. The van der Waals surface area contributed by atoms with E-state index in [1.165, 1.54) is 0 Å². The Labute approximate surface area is 114 Å². The zero-order chi connectivity index (χ0) is 17.1. The lowest BCUT2D eigenvalue weighted by molar-refractivity contribution is -0.449. The first kappa shape index (κ1) is 19.7. The van der Waals surface area contributed by atoms with E-state index in [1.54, 1.807) is 0 Å². The van der Waals surface area contributed by atoms with E-state index >= 15 is 0 Å². The van der Waals surface area contributed by atoms with Gasteiger partial charge in [0.2, 0.25) is 0 Å². The van der Waals surface area contributed by atoms with Gasteiger partial charge in [0, 0.05) is 6.07 Å². The lowest BCUT2D eigenvalue weighted by Crippen LogP contribution is -2.30. The molecule has 0 aromatic carbocycles. The zero-order valence-electron chi connectivity index (χ0n) is 9.82. The normalized spacial score (nSPS) is 13.5. The molecule has 0 saturated carbocycles. The highest BCUT2D eigenvalue weighted by molar-refractivity contribution is 8.13. The van der Waals surface area contributed by atoms with Crippen molar-refractivity contribution in [1.29, 1.82) is 0 Å². The molecule has 1 heterocycles. The molecule has 0 unspecified atom stereocenters. The summed E-state index contributed by atoms with van der Waals surface area (Å²) in [6.45, 7) is 2.00. The van der Waals surface area contributed by atoms with Crippen molar-refractivity contribution in [2.24, 2.45) is 0 Å². The topological polar surface area (TPSA) is 112 Å². The monoisotopic (exact) mass is 363 g/mol. The first-order valence-electron chi connectivity index (χ1n) is 4.48. The number of aromatic nitrogens is 2. The second kappa shape index (κ2) is 6.18. The van der Waals surface area contributed by atoms with Gasteiger partial charge in [0.25, 0.3) is 0 Å². The number of nitrogens with one attached hydrogen (secondary N) is 2. The molecule has 15 heteroatoms. The van der Waals surface area contributed by atoms with E-state index in [-0.39, 0.29) is 0 Å². The molecule has 0 spiro atoms. The molecule has 0 aliphatic carbocycles. The standard InChI is InChI=1S/C4H6N2.C2F6NO4S2/c1-4-2-3-5-6-4;3-1(4,5)14(10,11)9-15(12,13)2(6,7)8/h2-3H,1H3,(H,5,6);/q;-1/p+1. The largest absolute Gasteiger partial charge is 0.480 e. The molecular weight excluding hydrogens is 356 g/mol. The third kappa shape index (κ3) is 5.88. The Bertz CT molecular complexity index is 604. The van der Waals surface area contributed by atoms with Gasteiger partial charge in [-0.05, 0) is 6.92 Å². The third-order valence-corrected chi connectivity index (χ3v) is 4.21. The number of nitrogens with zero attached hydrogens (tertiary/aromatic N) is 1. The van der Waals surface area contributed by atoms with Crippen LogP contribution in [0.4, 0.5) is 26.3 Å². The summed E-state index contributed by atoms with van der Waals surface area (Å²) >= 11 is 0. The molecule has 0 amide bonds. The Morgan fingerprint density at radius 1 is 1.00 bits per heavy atom. The van der Waals surface area contributed by atoms with E-state index in [0.717, 1.165) is 9.82 Å². The van der Waals surface area contributed by atoms with Gasteiger partial charge in [-0.1, -0.05) is 0 Å². The van der Waals surface area contributed by atoms with Crippen LogP contribution in [0, 0.1) is 6.92 Å². The first-order valence-corrected chi connectivity index (χ1v) is 7.36. The van der Waals surface area contributed by atoms with Crippen molar-refractivity contribution in [2.45, 2.75) is 17.9 Å². The van der Waals surface area contributed by atoms with Gasteiger partial charge in [0.1, 0.15) is 0 Å². The molecule has 1 aromatic rings. The fraction of sp³-hybridized carbons (Fsp3) is 0.500.